The molecule has 0 bridgehead atoms. The molecule has 2 aromatic rings. The standard InChI is InChI=1S/C6H4N2S2/c1-2-8-10-6(1)5-3-9-4-7-5/h1-4H. The Kier molecular flexibility index (Phi) is 1.49. The minimum atomic E-state index is 1.03. The lowest BCUT2D eigenvalue weighted by molar-refractivity contribution is 1.43. The summed E-state index contributed by atoms with van der Waals surface area (Å²) in [6.45, 7) is 0. The van der Waals surface area contributed by atoms with E-state index >= 15 is 0 Å². The lowest BCUT2D eigenvalue weighted by Crippen LogP contribution is -1.65. The third-order valence-corrected chi connectivity index (χ3v) is 2.48. The zero-order chi connectivity index (χ0) is 6.81. The van der Waals surface area contributed by atoms with Crippen molar-refractivity contribution in [1.82, 2.24) is 9.36 Å². The molecule has 0 aliphatic rings. The molecule has 0 aromatic carbocycles. The maximum atomic E-state index is 4.15. The predicted molar refractivity (Wildman–Crippen MR) is 43.2 cm³/mol. The summed E-state index contributed by atoms with van der Waals surface area (Å²) in [7, 11) is 0. The van der Waals surface area contributed by atoms with E-state index in [0.29, 0.717) is 0 Å². The van der Waals surface area contributed by atoms with Crippen LogP contribution in [0.4, 0.5) is 0 Å². The average Bonchev–Trinajstić information content (AvgIpc) is 2.59. The molecule has 0 amide bonds. The van der Waals surface area contributed by atoms with Crippen LogP contribution < -0.4 is 0 Å². The van der Waals surface area contributed by atoms with E-state index in [2.05, 4.69) is 9.36 Å². The number of hydrogen-bond donors (Lipinski definition) is 0. The Morgan fingerprint density at radius 1 is 1.40 bits per heavy atom. The minimum absolute atomic E-state index is 1.03. The monoisotopic (exact) mass is 168 g/mol. The van der Waals surface area contributed by atoms with Gasteiger partial charge in [0.1, 0.15) is 0 Å². The lowest BCUT2D eigenvalue weighted by Gasteiger charge is -1.82. The van der Waals surface area contributed by atoms with Crippen molar-refractivity contribution in [2.45, 2.75) is 0 Å². The van der Waals surface area contributed by atoms with Crippen molar-refractivity contribution in [3.63, 3.8) is 0 Å². The van der Waals surface area contributed by atoms with Crippen molar-refractivity contribution in [2.24, 2.45) is 0 Å². The van der Waals surface area contributed by atoms with E-state index in [-0.39, 0.29) is 0 Å². The average molecular weight is 168 g/mol. The second-order valence-corrected chi connectivity index (χ2v) is 3.30. The Morgan fingerprint density at radius 2 is 2.40 bits per heavy atom. The fourth-order valence-corrected chi connectivity index (χ4v) is 1.87. The highest BCUT2D eigenvalue weighted by Crippen LogP contribution is 2.21. The zero-order valence-corrected chi connectivity index (χ0v) is 6.65. The van der Waals surface area contributed by atoms with Crippen LogP contribution in [-0.4, -0.2) is 9.36 Å². The van der Waals surface area contributed by atoms with Gasteiger partial charge < -0.3 is 0 Å². The molecule has 0 aliphatic heterocycles. The topological polar surface area (TPSA) is 25.8 Å². The molecule has 0 saturated carbocycles. The Balaban J connectivity index is 2.48. The highest BCUT2D eigenvalue weighted by Gasteiger charge is 1.98. The normalized spacial score (nSPS) is 10.0. The van der Waals surface area contributed by atoms with Crippen LogP contribution in [-0.2, 0) is 0 Å². The van der Waals surface area contributed by atoms with Gasteiger partial charge in [-0.15, -0.1) is 11.3 Å². The molecule has 0 N–H and O–H groups in total. The van der Waals surface area contributed by atoms with E-state index in [4.69, 9.17) is 0 Å². The Labute approximate surface area is 66.3 Å². The van der Waals surface area contributed by atoms with Crippen molar-refractivity contribution >= 4 is 22.9 Å². The molecule has 0 fully saturated rings. The summed E-state index contributed by atoms with van der Waals surface area (Å²) in [5, 5.41) is 2.02. The summed E-state index contributed by atoms with van der Waals surface area (Å²) in [6.07, 6.45) is 1.79. The van der Waals surface area contributed by atoms with Crippen LogP contribution in [0.25, 0.3) is 10.6 Å². The lowest BCUT2D eigenvalue weighted by atomic mass is 10.4. The first kappa shape index (κ1) is 6.00. The van der Waals surface area contributed by atoms with Gasteiger partial charge in [-0.25, -0.2) is 9.36 Å². The summed E-state index contributed by atoms with van der Waals surface area (Å²) in [4.78, 5) is 5.29. The van der Waals surface area contributed by atoms with Gasteiger partial charge in [0.15, 0.2) is 0 Å². The molecule has 0 unspecified atom stereocenters. The van der Waals surface area contributed by atoms with Gasteiger partial charge in [-0.05, 0) is 17.6 Å². The molecule has 0 atom stereocenters. The van der Waals surface area contributed by atoms with Crippen molar-refractivity contribution in [1.29, 1.82) is 0 Å². The molecular weight excluding hydrogens is 164 g/mol. The maximum Gasteiger partial charge on any atom is 0.0926 e. The highest BCUT2D eigenvalue weighted by atomic mass is 32.1. The van der Waals surface area contributed by atoms with Crippen LogP contribution in [0.1, 0.15) is 0 Å². The smallest absolute Gasteiger partial charge is 0.0926 e. The number of thiazole rings is 1. The first-order valence-corrected chi connectivity index (χ1v) is 4.47. The number of hydrogen-bond acceptors (Lipinski definition) is 4. The SMILES string of the molecule is c1cc(-c2cscn2)sn1. The second kappa shape index (κ2) is 2.48. The van der Waals surface area contributed by atoms with Gasteiger partial charge in [-0.2, -0.15) is 0 Å². The van der Waals surface area contributed by atoms with E-state index in [0.717, 1.165) is 10.6 Å². The molecule has 0 radical (unpaired) electrons. The molecule has 2 heterocycles. The minimum Gasteiger partial charge on any atom is -0.244 e. The molecule has 4 heteroatoms. The number of rotatable bonds is 1. The van der Waals surface area contributed by atoms with E-state index in [1.807, 2.05) is 17.0 Å². The zero-order valence-electron chi connectivity index (χ0n) is 5.02. The molecule has 2 nitrogen and oxygen atoms in total. The summed E-state index contributed by atoms with van der Waals surface area (Å²) >= 11 is 3.08. The van der Waals surface area contributed by atoms with Crippen LogP contribution in [0.5, 0.6) is 0 Å². The molecule has 0 aliphatic carbocycles. The van der Waals surface area contributed by atoms with Gasteiger partial charge in [-0.3, -0.25) is 0 Å². The fourth-order valence-electron chi connectivity index (χ4n) is 0.682. The summed E-state index contributed by atoms with van der Waals surface area (Å²) in [5.74, 6) is 0. The van der Waals surface area contributed by atoms with Crippen LogP contribution in [0.3, 0.4) is 0 Å². The van der Waals surface area contributed by atoms with Gasteiger partial charge in [0.2, 0.25) is 0 Å². The van der Waals surface area contributed by atoms with Gasteiger partial charge in [0.25, 0.3) is 0 Å². The maximum absolute atomic E-state index is 4.15. The molecule has 0 saturated heterocycles. The highest BCUT2D eigenvalue weighted by molar-refractivity contribution is 7.11. The molecule has 0 spiro atoms. The van der Waals surface area contributed by atoms with Gasteiger partial charge in [-0.1, -0.05) is 0 Å². The third-order valence-electron chi connectivity index (χ3n) is 1.12. The van der Waals surface area contributed by atoms with Crippen molar-refractivity contribution in [3.8, 4) is 10.6 Å². The number of nitrogens with zero attached hydrogens (tertiary/aromatic N) is 2. The van der Waals surface area contributed by atoms with Gasteiger partial charge in [0, 0.05) is 11.6 Å². The molecule has 2 aromatic heterocycles. The third kappa shape index (κ3) is 0.955. The predicted octanol–water partition coefficient (Wildman–Crippen LogP) is 2.27. The van der Waals surface area contributed by atoms with Crippen LogP contribution >= 0.6 is 22.9 Å². The Hall–Kier alpha value is -0.740. The Morgan fingerprint density at radius 3 is 3.00 bits per heavy atom. The molecule has 10 heavy (non-hydrogen) atoms. The van der Waals surface area contributed by atoms with E-state index in [1.54, 1.807) is 17.5 Å². The molecule has 2 rings (SSSR count). The van der Waals surface area contributed by atoms with Crippen molar-refractivity contribution in [3.05, 3.63) is 23.2 Å². The first-order valence-electron chi connectivity index (χ1n) is 2.76. The van der Waals surface area contributed by atoms with E-state index < -0.39 is 0 Å². The molecular formula is C6H4N2S2. The quantitative estimate of drug-likeness (QED) is 0.652. The molecule has 50 valence electrons. The van der Waals surface area contributed by atoms with Crippen molar-refractivity contribution in [2.75, 3.05) is 0 Å². The largest absolute Gasteiger partial charge is 0.244 e. The van der Waals surface area contributed by atoms with Gasteiger partial charge in [0.05, 0.1) is 16.1 Å². The fraction of sp³-hybridized carbons (Fsp3) is 0. The van der Waals surface area contributed by atoms with Crippen LogP contribution in [0, 0.1) is 0 Å². The van der Waals surface area contributed by atoms with Gasteiger partial charge >= 0.3 is 0 Å². The summed E-state index contributed by atoms with van der Waals surface area (Å²) < 4.78 is 3.98. The van der Waals surface area contributed by atoms with E-state index in [9.17, 15) is 0 Å². The second-order valence-electron chi connectivity index (χ2n) is 1.75. The number of aromatic nitrogens is 2. The van der Waals surface area contributed by atoms with Crippen LogP contribution in [0.15, 0.2) is 23.2 Å². The van der Waals surface area contributed by atoms with Crippen molar-refractivity contribution < 1.29 is 0 Å². The Bertz CT molecular complexity index is 253. The van der Waals surface area contributed by atoms with Crippen LogP contribution in [0.2, 0.25) is 0 Å². The summed E-state index contributed by atoms with van der Waals surface area (Å²) in [6, 6.07) is 1.97. The summed E-state index contributed by atoms with van der Waals surface area (Å²) in [5.41, 5.74) is 2.86. The van der Waals surface area contributed by atoms with E-state index in [1.165, 1.54) is 11.5 Å². The first-order chi connectivity index (χ1) is 4.97.